The summed E-state index contributed by atoms with van der Waals surface area (Å²) in [5.74, 6) is 0. The minimum absolute atomic E-state index is 0.238. The second kappa shape index (κ2) is 6.26. The van der Waals surface area contributed by atoms with Gasteiger partial charge in [0.2, 0.25) is 0 Å². The molecule has 0 bridgehead atoms. The molecule has 1 aromatic rings. The maximum absolute atomic E-state index is 3.56. The van der Waals surface area contributed by atoms with Crippen molar-refractivity contribution in [3.8, 4) is 0 Å². The molecule has 96 valence electrons. The van der Waals surface area contributed by atoms with E-state index in [9.17, 15) is 0 Å². The molecule has 1 nitrogen and oxygen atoms in total. The Morgan fingerprint density at radius 1 is 1.35 bits per heavy atom. The van der Waals surface area contributed by atoms with E-state index in [2.05, 4.69) is 74.1 Å². The zero-order valence-corrected chi connectivity index (χ0v) is 13.7. The molecule has 0 radical (unpaired) electrons. The van der Waals surface area contributed by atoms with Gasteiger partial charge in [-0.25, -0.2) is 0 Å². The summed E-state index contributed by atoms with van der Waals surface area (Å²) < 4.78 is 1.39. The first kappa shape index (κ1) is 15.1. The Morgan fingerprint density at radius 3 is 2.53 bits per heavy atom. The van der Waals surface area contributed by atoms with Crippen LogP contribution in [0.1, 0.15) is 46.2 Å². The van der Waals surface area contributed by atoms with Crippen LogP contribution in [-0.4, -0.2) is 11.3 Å². The van der Waals surface area contributed by atoms with Crippen molar-refractivity contribution < 1.29 is 0 Å². The van der Waals surface area contributed by atoms with Gasteiger partial charge in [-0.05, 0) is 31.2 Å². The Balaban J connectivity index is 3.03. The zero-order valence-electron chi connectivity index (χ0n) is 11.3. The molecular formula is C14H22BrNS. The topological polar surface area (TPSA) is 12.0 Å². The number of benzene rings is 1. The van der Waals surface area contributed by atoms with Gasteiger partial charge in [0.05, 0.1) is 0 Å². The molecule has 1 rings (SSSR count). The predicted octanol–water partition coefficient (Wildman–Crippen LogP) is 5.01. The number of rotatable bonds is 4. The maximum atomic E-state index is 3.56. The number of thioether (sulfide) groups is 1. The van der Waals surface area contributed by atoms with Gasteiger partial charge in [0, 0.05) is 20.2 Å². The summed E-state index contributed by atoms with van der Waals surface area (Å²) in [7, 11) is 0. The van der Waals surface area contributed by atoms with E-state index in [0.29, 0.717) is 6.04 Å². The normalized spacial score (nSPS) is 13.8. The SMILES string of the molecule is CCNC(C)c1ccc(Br)cc1SC(C)(C)C. The molecule has 1 atom stereocenters. The van der Waals surface area contributed by atoms with Crippen LogP contribution in [0, 0.1) is 0 Å². The Labute approximate surface area is 118 Å². The van der Waals surface area contributed by atoms with E-state index in [4.69, 9.17) is 0 Å². The van der Waals surface area contributed by atoms with E-state index in [1.165, 1.54) is 10.5 Å². The van der Waals surface area contributed by atoms with Gasteiger partial charge in [-0.15, -0.1) is 11.8 Å². The highest BCUT2D eigenvalue weighted by atomic mass is 79.9. The van der Waals surface area contributed by atoms with Crippen LogP contribution < -0.4 is 5.32 Å². The van der Waals surface area contributed by atoms with Crippen molar-refractivity contribution in [1.82, 2.24) is 5.32 Å². The highest BCUT2D eigenvalue weighted by Crippen LogP contribution is 2.37. The fraction of sp³-hybridized carbons (Fsp3) is 0.571. The second-order valence-corrected chi connectivity index (χ2v) is 7.96. The number of nitrogens with one attached hydrogen (secondary N) is 1. The monoisotopic (exact) mass is 315 g/mol. The molecule has 0 saturated carbocycles. The van der Waals surface area contributed by atoms with E-state index in [0.717, 1.165) is 11.0 Å². The first-order valence-electron chi connectivity index (χ1n) is 6.05. The fourth-order valence-electron chi connectivity index (χ4n) is 1.70. The predicted molar refractivity (Wildman–Crippen MR) is 81.8 cm³/mol. The number of hydrogen-bond donors (Lipinski definition) is 1. The lowest BCUT2D eigenvalue weighted by Gasteiger charge is -2.23. The van der Waals surface area contributed by atoms with Crippen molar-refractivity contribution in [2.45, 2.75) is 50.3 Å². The quantitative estimate of drug-likeness (QED) is 0.784. The van der Waals surface area contributed by atoms with Crippen LogP contribution in [0.5, 0.6) is 0 Å². The third-order valence-corrected chi connectivity index (χ3v) is 4.05. The number of halogens is 1. The molecule has 0 heterocycles. The second-order valence-electron chi connectivity index (χ2n) is 5.18. The largest absolute Gasteiger partial charge is 0.310 e. The van der Waals surface area contributed by atoms with Gasteiger partial charge in [0.1, 0.15) is 0 Å². The van der Waals surface area contributed by atoms with Crippen LogP contribution in [0.2, 0.25) is 0 Å². The third kappa shape index (κ3) is 5.02. The maximum Gasteiger partial charge on any atom is 0.0302 e. The molecule has 0 amide bonds. The molecule has 0 aliphatic heterocycles. The highest BCUT2D eigenvalue weighted by molar-refractivity contribution is 9.10. The summed E-state index contributed by atoms with van der Waals surface area (Å²) in [6, 6.07) is 6.96. The standard InChI is InChI=1S/C14H22BrNS/c1-6-16-10(2)12-8-7-11(15)9-13(12)17-14(3,4)5/h7-10,16H,6H2,1-5H3. The Hall–Kier alpha value is 0.01000. The molecular weight excluding hydrogens is 294 g/mol. The molecule has 0 fully saturated rings. The fourth-order valence-corrected chi connectivity index (χ4v) is 3.42. The van der Waals surface area contributed by atoms with Gasteiger partial charge in [-0.2, -0.15) is 0 Å². The van der Waals surface area contributed by atoms with Crippen molar-refractivity contribution in [1.29, 1.82) is 0 Å². The molecule has 1 N–H and O–H groups in total. The Kier molecular flexibility index (Phi) is 5.55. The average molecular weight is 316 g/mol. The van der Waals surface area contributed by atoms with Gasteiger partial charge in [-0.3, -0.25) is 0 Å². The summed E-state index contributed by atoms with van der Waals surface area (Å²) in [6.45, 7) is 12.1. The van der Waals surface area contributed by atoms with Gasteiger partial charge >= 0.3 is 0 Å². The Morgan fingerprint density at radius 2 is 2.00 bits per heavy atom. The lowest BCUT2D eigenvalue weighted by molar-refractivity contribution is 0.589. The molecule has 0 spiro atoms. The van der Waals surface area contributed by atoms with Gasteiger partial charge in [0.15, 0.2) is 0 Å². The number of hydrogen-bond acceptors (Lipinski definition) is 2. The average Bonchev–Trinajstić information content (AvgIpc) is 2.15. The summed E-state index contributed by atoms with van der Waals surface area (Å²) in [6.07, 6.45) is 0. The van der Waals surface area contributed by atoms with Crippen molar-refractivity contribution in [3.05, 3.63) is 28.2 Å². The molecule has 1 unspecified atom stereocenters. The lowest BCUT2D eigenvalue weighted by atomic mass is 10.1. The van der Waals surface area contributed by atoms with Crippen molar-refractivity contribution >= 4 is 27.7 Å². The smallest absolute Gasteiger partial charge is 0.0302 e. The van der Waals surface area contributed by atoms with Crippen LogP contribution in [0.4, 0.5) is 0 Å². The van der Waals surface area contributed by atoms with Crippen LogP contribution in [-0.2, 0) is 0 Å². The molecule has 0 aliphatic carbocycles. The first-order valence-corrected chi connectivity index (χ1v) is 7.66. The van der Waals surface area contributed by atoms with Gasteiger partial charge < -0.3 is 5.32 Å². The third-order valence-electron chi connectivity index (χ3n) is 2.37. The van der Waals surface area contributed by atoms with Crippen molar-refractivity contribution in [2.75, 3.05) is 6.54 Å². The van der Waals surface area contributed by atoms with Crippen molar-refractivity contribution in [3.63, 3.8) is 0 Å². The summed E-state index contributed by atoms with van der Waals surface area (Å²) in [4.78, 5) is 1.36. The zero-order chi connectivity index (χ0) is 13.1. The van der Waals surface area contributed by atoms with Crippen molar-refractivity contribution in [2.24, 2.45) is 0 Å². The van der Waals surface area contributed by atoms with Gasteiger partial charge in [0.25, 0.3) is 0 Å². The van der Waals surface area contributed by atoms with E-state index >= 15 is 0 Å². The summed E-state index contributed by atoms with van der Waals surface area (Å²) in [5, 5.41) is 3.48. The van der Waals surface area contributed by atoms with Crippen LogP contribution in [0.25, 0.3) is 0 Å². The first-order chi connectivity index (χ1) is 7.83. The van der Waals surface area contributed by atoms with E-state index < -0.39 is 0 Å². The Bertz CT molecular complexity index is 371. The molecule has 3 heteroatoms. The minimum atomic E-state index is 0.238. The van der Waals surface area contributed by atoms with Crippen LogP contribution >= 0.6 is 27.7 Å². The molecule has 0 aromatic heterocycles. The minimum Gasteiger partial charge on any atom is -0.310 e. The molecule has 17 heavy (non-hydrogen) atoms. The lowest BCUT2D eigenvalue weighted by Crippen LogP contribution is -2.19. The van der Waals surface area contributed by atoms with E-state index in [1.54, 1.807) is 0 Å². The molecule has 0 saturated heterocycles. The van der Waals surface area contributed by atoms with E-state index in [1.807, 2.05) is 11.8 Å². The van der Waals surface area contributed by atoms with E-state index in [-0.39, 0.29) is 4.75 Å². The molecule has 0 aliphatic rings. The summed E-state index contributed by atoms with van der Waals surface area (Å²) >= 11 is 5.48. The van der Waals surface area contributed by atoms with Crippen LogP contribution in [0.3, 0.4) is 0 Å². The summed E-state index contributed by atoms with van der Waals surface area (Å²) in [5.41, 5.74) is 1.38. The highest BCUT2D eigenvalue weighted by Gasteiger charge is 2.17. The molecule has 1 aromatic carbocycles. The van der Waals surface area contributed by atoms with Crippen LogP contribution in [0.15, 0.2) is 27.6 Å². The van der Waals surface area contributed by atoms with Gasteiger partial charge in [-0.1, -0.05) is 49.7 Å².